The van der Waals surface area contributed by atoms with Gasteiger partial charge in [0.15, 0.2) is 11.5 Å². The van der Waals surface area contributed by atoms with Gasteiger partial charge < -0.3 is 4.98 Å². The van der Waals surface area contributed by atoms with Gasteiger partial charge in [-0.3, -0.25) is 14.3 Å². The Balaban J connectivity index is 1.64. The number of hydrogen-bond donors (Lipinski definition) is 2. The number of halogens is 3. The molecule has 0 spiro atoms. The first-order chi connectivity index (χ1) is 14.3. The monoisotopic (exact) mass is 419 g/mol. The standard InChI is InChI=1S/C18H16F3N7O2/c1-2-6-28-16(29)13-15(24-17(28)30)23-14(22-13)12-9-27(26-25-12)8-10-4-3-5-11(7-10)18(19,20)21/h3-5,7,9H,2,6,8H2,1H3,(H,22,23)(H,24,30). The number of hydrogen-bond acceptors (Lipinski definition) is 5. The smallest absolute Gasteiger partial charge is 0.331 e. The third kappa shape index (κ3) is 3.63. The summed E-state index contributed by atoms with van der Waals surface area (Å²) in [5.41, 5.74) is -0.889. The summed E-state index contributed by atoms with van der Waals surface area (Å²) in [6.07, 6.45) is -2.33. The first-order valence-corrected chi connectivity index (χ1v) is 9.05. The van der Waals surface area contributed by atoms with Crippen molar-refractivity contribution in [1.29, 1.82) is 0 Å². The van der Waals surface area contributed by atoms with E-state index in [4.69, 9.17) is 0 Å². The maximum absolute atomic E-state index is 12.9. The van der Waals surface area contributed by atoms with Gasteiger partial charge >= 0.3 is 11.9 Å². The van der Waals surface area contributed by atoms with E-state index in [0.717, 1.165) is 16.7 Å². The molecule has 9 nitrogen and oxygen atoms in total. The summed E-state index contributed by atoms with van der Waals surface area (Å²) in [5.74, 6) is 0.210. The van der Waals surface area contributed by atoms with Crippen LogP contribution in [0.1, 0.15) is 24.5 Å². The molecule has 2 N–H and O–H groups in total. The molecule has 0 bridgehead atoms. The van der Waals surface area contributed by atoms with Crippen molar-refractivity contribution in [3.8, 4) is 11.5 Å². The summed E-state index contributed by atoms with van der Waals surface area (Å²) in [4.78, 5) is 34.1. The Morgan fingerprint density at radius 2 is 1.97 bits per heavy atom. The van der Waals surface area contributed by atoms with E-state index in [1.807, 2.05) is 6.92 Å². The van der Waals surface area contributed by atoms with Crippen LogP contribution in [-0.4, -0.2) is 34.5 Å². The third-order valence-electron chi connectivity index (χ3n) is 4.46. The molecule has 0 saturated carbocycles. The second-order valence-electron chi connectivity index (χ2n) is 6.70. The van der Waals surface area contributed by atoms with Crippen LogP contribution in [0.5, 0.6) is 0 Å². The van der Waals surface area contributed by atoms with Gasteiger partial charge in [0.2, 0.25) is 0 Å². The van der Waals surface area contributed by atoms with Gasteiger partial charge in [-0.25, -0.2) is 14.5 Å². The molecule has 0 aliphatic carbocycles. The minimum absolute atomic E-state index is 0.0668. The summed E-state index contributed by atoms with van der Waals surface area (Å²) in [6.45, 7) is 2.18. The zero-order valence-corrected chi connectivity index (χ0v) is 15.7. The maximum Gasteiger partial charge on any atom is 0.416 e. The lowest BCUT2D eigenvalue weighted by Crippen LogP contribution is -2.34. The van der Waals surface area contributed by atoms with Crippen LogP contribution >= 0.6 is 0 Å². The van der Waals surface area contributed by atoms with E-state index in [1.165, 1.54) is 16.9 Å². The normalized spacial score (nSPS) is 12.0. The number of aromatic amines is 2. The molecule has 0 aliphatic rings. The van der Waals surface area contributed by atoms with Crippen LogP contribution in [0.2, 0.25) is 0 Å². The summed E-state index contributed by atoms with van der Waals surface area (Å²) >= 11 is 0. The fraction of sp³-hybridized carbons (Fsp3) is 0.278. The molecule has 0 amide bonds. The van der Waals surface area contributed by atoms with Crippen molar-refractivity contribution in [2.45, 2.75) is 32.6 Å². The zero-order valence-electron chi connectivity index (χ0n) is 15.7. The van der Waals surface area contributed by atoms with E-state index in [0.29, 0.717) is 12.0 Å². The first-order valence-electron chi connectivity index (χ1n) is 9.05. The molecule has 1 aromatic carbocycles. The maximum atomic E-state index is 12.9. The predicted octanol–water partition coefficient (Wildman–Crippen LogP) is 2.15. The van der Waals surface area contributed by atoms with Crippen LogP contribution in [-0.2, 0) is 19.3 Å². The number of H-pyrrole nitrogens is 2. The molecular formula is C18H16F3N7O2. The molecule has 0 unspecified atom stereocenters. The number of rotatable bonds is 5. The van der Waals surface area contributed by atoms with Crippen LogP contribution < -0.4 is 11.2 Å². The van der Waals surface area contributed by atoms with Crippen molar-refractivity contribution in [3.05, 3.63) is 62.4 Å². The minimum Gasteiger partial charge on any atom is -0.331 e. The Labute approximate surface area is 166 Å². The largest absolute Gasteiger partial charge is 0.416 e. The first kappa shape index (κ1) is 19.6. The summed E-state index contributed by atoms with van der Waals surface area (Å²) in [5, 5.41) is 7.86. The minimum atomic E-state index is -4.43. The Morgan fingerprint density at radius 1 is 1.17 bits per heavy atom. The van der Waals surface area contributed by atoms with Gasteiger partial charge in [-0.05, 0) is 24.1 Å². The third-order valence-corrected chi connectivity index (χ3v) is 4.46. The molecule has 3 heterocycles. The number of imidazole rings is 1. The average Bonchev–Trinajstić information content (AvgIpc) is 3.32. The Hall–Kier alpha value is -3.70. The van der Waals surface area contributed by atoms with Gasteiger partial charge in [-0.15, -0.1) is 5.10 Å². The van der Waals surface area contributed by atoms with E-state index < -0.39 is 23.0 Å². The quantitative estimate of drug-likeness (QED) is 0.515. The molecule has 0 fully saturated rings. The predicted molar refractivity (Wildman–Crippen MR) is 101 cm³/mol. The van der Waals surface area contributed by atoms with Gasteiger partial charge in [0.1, 0.15) is 11.2 Å². The van der Waals surface area contributed by atoms with Crippen molar-refractivity contribution in [2.75, 3.05) is 0 Å². The topological polar surface area (TPSA) is 114 Å². The van der Waals surface area contributed by atoms with E-state index in [2.05, 4.69) is 25.3 Å². The number of aromatic nitrogens is 7. The Bertz CT molecular complexity index is 1330. The fourth-order valence-electron chi connectivity index (χ4n) is 3.08. The average molecular weight is 419 g/mol. The van der Waals surface area contributed by atoms with Gasteiger partial charge in [0.25, 0.3) is 5.56 Å². The molecule has 12 heteroatoms. The van der Waals surface area contributed by atoms with Crippen molar-refractivity contribution in [3.63, 3.8) is 0 Å². The second kappa shape index (κ2) is 7.28. The van der Waals surface area contributed by atoms with Crippen LogP contribution in [0.25, 0.3) is 22.7 Å². The van der Waals surface area contributed by atoms with E-state index in [-0.39, 0.29) is 35.8 Å². The number of benzene rings is 1. The molecule has 0 aliphatic heterocycles. The van der Waals surface area contributed by atoms with E-state index >= 15 is 0 Å². The van der Waals surface area contributed by atoms with Gasteiger partial charge in [0, 0.05) is 6.54 Å². The fourth-order valence-corrected chi connectivity index (χ4v) is 3.08. The highest BCUT2D eigenvalue weighted by atomic mass is 19.4. The lowest BCUT2D eigenvalue weighted by atomic mass is 10.1. The summed E-state index contributed by atoms with van der Waals surface area (Å²) in [6, 6.07) is 4.92. The lowest BCUT2D eigenvalue weighted by molar-refractivity contribution is -0.137. The Morgan fingerprint density at radius 3 is 2.70 bits per heavy atom. The highest BCUT2D eigenvalue weighted by Gasteiger charge is 2.30. The highest BCUT2D eigenvalue weighted by Crippen LogP contribution is 2.29. The van der Waals surface area contributed by atoms with Crippen LogP contribution in [0.4, 0.5) is 13.2 Å². The molecule has 3 aromatic heterocycles. The van der Waals surface area contributed by atoms with Crippen molar-refractivity contribution in [2.24, 2.45) is 0 Å². The summed E-state index contributed by atoms with van der Waals surface area (Å²) < 4.78 is 41.1. The molecule has 4 aromatic rings. The molecule has 156 valence electrons. The number of nitrogens with zero attached hydrogens (tertiary/aromatic N) is 5. The van der Waals surface area contributed by atoms with Crippen LogP contribution in [0, 0.1) is 0 Å². The molecule has 0 saturated heterocycles. The number of alkyl halides is 3. The van der Waals surface area contributed by atoms with Gasteiger partial charge in [-0.2, -0.15) is 13.2 Å². The van der Waals surface area contributed by atoms with Gasteiger partial charge in [0.05, 0.1) is 18.3 Å². The number of fused-ring (bicyclic) bond motifs is 1. The van der Waals surface area contributed by atoms with E-state index in [9.17, 15) is 22.8 Å². The van der Waals surface area contributed by atoms with E-state index in [1.54, 1.807) is 6.07 Å². The molecule has 30 heavy (non-hydrogen) atoms. The Kier molecular flexibility index (Phi) is 4.76. The lowest BCUT2D eigenvalue weighted by Gasteiger charge is -2.08. The molecule has 4 rings (SSSR count). The van der Waals surface area contributed by atoms with Crippen molar-refractivity contribution >= 4 is 11.2 Å². The molecular weight excluding hydrogens is 403 g/mol. The zero-order chi connectivity index (χ0) is 21.5. The second-order valence-corrected chi connectivity index (χ2v) is 6.70. The van der Waals surface area contributed by atoms with Crippen LogP contribution in [0.15, 0.2) is 40.1 Å². The van der Waals surface area contributed by atoms with Crippen LogP contribution in [0.3, 0.4) is 0 Å². The van der Waals surface area contributed by atoms with Gasteiger partial charge in [-0.1, -0.05) is 24.3 Å². The highest BCUT2D eigenvalue weighted by molar-refractivity contribution is 5.73. The SMILES string of the molecule is CCCn1c(=O)[nH]c2nc(-c3cn(Cc4cccc(C(F)(F)F)c4)nn3)[nH]c2c1=O. The van der Waals surface area contributed by atoms with Crippen molar-refractivity contribution in [1.82, 2.24) is 34.5 Å². The van der Waals surface area contributed by atoms with Crippen molar-refractivity contribution < 1.29 is 13.2 Å². The summed E-state index contributed by atoms with van der Waals surface area (Å²) in [7, 11) is 0. The molecule has 0 atom stereocenters. The molecule has 0 radical (unpaired) electrons. The number of nitrogens with one attached hydrogen (secondary N) is 2.